The second kappa shape index (κ2) is 8.19. The lowest BCUT2D eigenvalue weighted by molar-refractivity contribution is -0.133. The van der Waals surface area contributed by atoms with Crippen molar-refractivity contribution in [3.05, 3.63) is 70.8 Å². The molecule has 4 rings (SSSR count). The highest BCUT2D eigenvalue weighted by Crippen LogP contribution is 2.41. The number of hydrogen-bond acceptors (Lipinski definition) is 2. The summed E-state index contributed by atoms with van der Waals surface area (Å²) in [5.41, 5.74) is 4.97. The fourth-order valence-corrected chi connectivity index (χ4v) is 4.98. The van der Waals surface area contributed by atoms with Gasteiger partial charge < -0.3 is 4.90 Å². The van der Waals surface area contributed by atoms with Crippen molar-refractivity contribution in [3.8, 4) is 0 Å². The molecule has 1 saturated carbocycles. The molecule has 1 amide bonds. The van der Waals surface area contributed by atoms with Crippen molar-refractivity contribution < 1.29 is 4.79 Å². The molecular weight excluding hydrogens is 368 g/mol. The zero-order valence-electron chi connectivity index (χ0n) is 19.0. The van der Waals surface area contributed by atoms with Crippen molar-refractivity contribution in [2.45, 2.75) is 83.3 Å². The lowest BCUT2D eigenvalue weighted by atomic mass is 9.86. The van der Waals surface area contributed by atoms with Crippen LogP contribution in [-0.2, 0) is 23.1 Å². The van der Waals surface area contributed by atoms with Gasteiger partial charge in [-0.15, -0.1) is 0 Å². The Morgan fingerprint density at radius 3 is 2.13 bits per heavy atom. The second-order valence-electron chi connectivity index (χ2n) is 10.1. The average Bonchev–Trinajstić information content (AvgIpc) is 3.32. The molecule has 3 heteroatoms. The molecule has 1 N–H and O–H groups in total. The Hall–Kier alpha value is -2.13. The van der Waals surface area contributed by atoms with Gasteiger partial charge in [-0.05, 0) is 53.4 Å². The minimum absolute atomic E-state index is 0.0282. The molecule has 1 heterocycles. The molecule has 1 saturated heterocycles. The number of carbonyl (C=O) groups is 1. The largest absolute Gasteiger partial charge is 0.321 e. The van der Waals surface area contributed by atoms with E-state index in [4.69, 9.17) is 0 Å². The summed E-state index contributed by atoms with van der Waals surface area (Å²) in [5.74, 6) is 0.301. The number of aryl methyl sites for hydroxylation is 1. The number of rotatable bonds is 5. The van der Waals surface area contributed by atoms with Crippen molar-refractivity contribution in [2.24, 2.45) is 0 Å². The molecule has 2 aliphatic rings. The van der Waals surface area contributed by atoms with Crippen molar-refractivity contribution in [1.29, 1.82) is 0 Å². The SMILES string of the molecule is CCc1ccc(CCN2C(=O)C3(CCCC3)N[C@@H]2c2ccc(C(C)(C)C)cc2)cc1. The van der Waals surface area contributed by atoms with Crippen LogP contribution < -0.4 is 5.32 Å². The van der Waals surface area contributed by atoms with Crippen molar-refractivity contribution in [1.82, 2.24) is 10.2 Å². The summed E-state index contributed by atoms with van der Waals surface area (Å²) in [7, 11) is 0. The Labute approximate surface area is 181 Å². The number of benzene rings is 2. The first-order valence-electron chi connectivity index (χ1n) is 11.6. The zero-order valence-corrected chi connectivity index (χ0v) is 19.0. The molecule has 1 atom stereocenters. The van der Waals surface area contributed by atoms with Crippen LogP contribution in [0.25, 0.3) is 0 Å². The van der Waals surface area contributed by atoms with E-state index in [1.165, 1.54) is 22.3 Å². The summed E-state index contributed by atoms with van der Waals surface area (Å²) in [4.78, 5) is 15.6. The monoisotopic (exact) mass is 404 g/mol. The van der Waals surface area contributed by atoms with Crippen LogP contribution in [0.5, 0.6) is 0 Å². The molecule has 0 aromatic heterocycles. The van der Waals surface area contributed by atoms with E-state index in [1.54, 1.807) is 0 Å². The maximum Gasteiger partial charge on any atom is 0.244 e. The number of nitrogens with one attached hydrogen (secondary N) is 1. The Morgan fingerprint density at radius 2 is 1.57 bits per heavy atom. The summed E-state index contributed by atoms with van der Waals surface area (Å²) >= 11 is 0. The topological polar surface area (TPSA) is 32.3 Å². The van der Waals surface area contributed by atoms with Crippen molar-refractivity contribution >= 4 is 5.91 Å². The highest BCUT2D eigenvalue weighted by Gasteiger charge is 2.52. The zero-order chi connectivity index (χ0) is 21.4. The van der Waals surface area contributed by atoms with E-state index >= 15 is 0 Å². The predicted molar refractivity (Wildman–Crippen MR) is 123 cm³/mol. The first-order chi connectivity index (χ1) is 14.3. The second-order valence-corrected chi connectivity index (χ2v) is 10.1. The molecule has 2 aromatic carbocycles. The molecule has 0 unspecified atom stereocenters. The summed E-state index contributed by atoms with van der Waals surface area (Å²) < 4.78 is 0. The van der Waals surface area contributed by atoms with Gasteiger partial charge in [-0.2, -0.15) is 0 Å². The molecule has 2 fully saturated rings. The maximum atomic E-state index is 13.5. The van der Waals surface area contributed by atoms with Crippen LogP contribution in [0.2, 0.25) is 0 Å². The van der Waals surface area contributed by atoms with Gasteiger partial charge in [-0.25, -0.2) is 0 Å². The quantitative estimate of drug-likeness (QED) is 0.710. The summed E-state index contributed by atoms with van der Waals surface area (Å²) in [6.45, 7) is 9.65. The van der Waals surface area contributed by atoms with Gasteiger partial charge in [0.2, 0.25) is 5.91 Å². The third kappa shape index (κ3) is 4.05. The minimum atomic E-state index is -0.348. The van der Waals surface area contributed by atoms with Crippen LogP contribution >= 0.6 is 0 Å². The third-order valence-corrected chi connectivity index (χ3v) is 7.02. The fraction of sp³-hybridized carbons (Fsp3) is 0.519. The Morgan fingerprint density at radius 1 is 0.967 bits per heavy atom. The first kappa shape index (κ1) is 21.1. The van der Waals surface area contributed by atoms with Crippen LogP contribution in [-0.4, -0.2) is 22.9 Å². The molecule has 1 aliphatic heterocycles. The molecule has 30 heavy (non-hydrogen) atoms. The van der Waals surface area contributed by atoms with Gasteiger partial charge in [0.05, 0.1) is 5.54 Å². The van der Waals surface area contributed by atoms with E-state index < -0.39 is 0 Å². The molecule has 160 valence electrons. The molecule has 1 spiro atoms. The van der Waals surface area contributed by atoms with Gasteiger partial charge >= 0.3 is 0 Å². The van der Waals surface area contributed by atoms with Gasteiger partial charge in [0.25, 0.3) is 0 Å². The van der Waals surface area contributed by atoms with E-state index in [1.807, 2.05) is 0 Å². The van der Waals surface area contributed by atoms with Crippen LogP contribution in [0, 0.1) is 0 Å². The maximum absolute atomic E-state index is 13.5. The normalized spacial score (nSPS) is 21.0. The number of hydrogen-bond donors (Lipinski definition) is 1. The van der Waals surface area contributed by atoms with Gasteiger partial charge in [0.15, 0.2) is 0 Å². The fourth-order valence-electron chi connectivity index (χ4n) is 4.98. The highest BCUT2D eigenvalue weighted by molar-refractivity contribution is 5.89. The molecule has 1 aliphatic carbocycles. The standard InChI is InChI=1S/C27H36N2O/c1-5-20-8-10-21(11-9-20)16-19-29-24(28-27(25(29)30)17-6-7-18-27)22-12-14-23(15-13-22)26(2,3)4/h8-15,24,28H,5-7,16-19H2,1-4H3/t24-/m0/s1. The Kier molecular flexibility index (Phi) is 5.76. The van der Waals surface area contributed by atoms with Crippen molar-refractivity contribution in [2.75, 3.05) is 6.54 Å². The van der Waals surface area contributed by atoms with Gasteiger partial charge in [0, 0.05) is 6.54 Å². The lowest BCUT2D eigenvalue weighted by Gasteiger charge is -2.26. The smallest absolute Gasteiger partial charge is 0.244 e. The molecule has 2 aromatic rings. The average molecular weight is 405 g/mol. The van der Waals surface area contributed by atoms with E-state index in [0.29, 0.717) is 5.91 Å². The van der Waals surface area contributed by atoms with Gasteiger partial charge in [-0.1, -0.05) is 89.1 Å². The van der Waals surface area contributed by atoms with Crippen LogP contribution in [0.1, 0.15) is 81.8 Å². The van der Waals surface area contributed by atoms with Gasteiger partial charge in [0.1, 0.15) is 6.17 Å². The molecule has 0 radical (unpaired) electrons. The Balaban J connectivity index is 1.57. The third-order valence-electron chi connectivity index (χ3n) is 7.02. The van der Waals surface area contributed by atoms with E-state index in [9.17, 15) is 4.79 Å². The minimum Gasteiger partial charge on any atom is -0.321 e. The molecule has 3 nitrogen and oxygen atoms in total. The highest BCUT2D eigenvalue weighted by atomic mass is 16.2. The molecular formula is C27H36N2O. The number of amides is 1. The Bertz CT molecular complexity index is 871. The van der Waals surface area contributed by atoms with Gasteiger partial charge in [-0.3, -0.25) is 10.1 Å². The molecule has 0 bridgehead atoms. The van der Waals surface area contributed by atoms with E-state index in [2.05, 4.69) is 86.4 Å². The van der Waals surface area contributed by atoms with Crippen LogP contribution in [0.3, 0.4) is 0 Å². The van der Waals surface area contributed by atoms with Crippen LogP contribution in [0.4, 0.5) is 0 Å². The number of carbonyl (C=O) groups excluding carboxylic acids is 1. The summed E-state index contributed by atoms with van der Waals surface area (Å²) in [6, 6.07) is 17.7. The predicted octanol–water partition coefficient (Wildman–Crippen LogP) is 5.53. The number of nitrogens with zero attached hydrogens (tertiary/aromatic N) is 1. The van der Waals surface area contributed by atoms with E-state index in [-0.39, 0.29) is 17.1 Å². The summed E-state index contributed by atoms with van der Waals surface area (Å²) in [5, 5.41) is 3.77. The van der Waals surface area contributed by atoms with Crippen LogP contribution in [0.15, 0.2) is 48.5 Å². The van der Waals surface area contributed by atoms with Crippen molar-refractivity contribution in [3.63, 3.8) is 0 Å². The lowest BCUT2D eigenvalue weighted by Crippen LogP contribution is -2.44. The van der Waals surface area contributed by atoms with E-state index in [0.717, 1.165) is 45.1 Å². The summed E-state index contributed by atoms with van der Waals surface area (Å²) in [6.07, 6.45) is 6.13. The first-order valence-corrected chi connectivity index (χ1v) is 11.6.